The van der Waals surface area contributed by atoms with Gasteiger partial charge in [-0.15, -0.1) is 11.8 Å². The number of methoxy groups -OCH3 is 1. The van der Waals surface area contributed by atoms with Crippen molar-refractivity contribution < 1.29 is 9.53 Å². The summed E-state index contributed by atoms with van der Waals surface area (Å²) in [5.41, 5.74) is 0. The van der Waals surface area contributed by atoms with E-state index in [0.29, 0.717) is 17.9 Å². The minimum Gasteiger partial charge on any atom is -0.497 e. The first-order valence-electron chi connectivity index (χ1n) is 8.12. The molecule has 4 heteroatoms. The number of carbonyl (C=O) groups excluding carboxylic acids is 1. The highest BCUT2D eigenvalue weighted by atomic mass is 32.2. The second-order valence-corrected chi connectivity index (χ2v) is 7.73. The van der Waals surface area contributed by atoms with Gasteiger partial charge in [0.25, 0.3) is 0 Å². The molecule has 0 aliphatic heterocycles. The van der Waals surface area contributed by atoms with Crippen molar-refractivity contribution >= 4 is 17.7 Å². The van der Waals surface area contributed by atoms with Crippen molar-refractivity contribution in [2.45, 2.75) is 56.2 Å². The first kappa shape index (κ1) is 17.2. The zero-order valence-electron chi connectivity index (χ0n) is 14.0. The summed E-state index contributed by atoms with van der Waals surface area (Å²) in [6, 6.07) is 8.18. The lowest BCUT2D eigenvalue weighted by Crippen LogP contribution is -2.46. The van der Waals surface area contributed by atoms with Gasteiger partial charge in [0, 0.05) is 10.9 Å². The molecule has 122 valence electrons. The van der Waals surface area contributed by atoms with Crippen LogP contribution in [0.4, 0.5) is 0 Å². The molecule has 4 atom stereocenters. The quantitative estimate of drug-likeness (QED) is 0.829. The Bertz CT molecular complexity index is 488. The van der Waals surface area contributed by atoms with Crippen molar-refractivity contribution in [3.05, 3.63) is 24.3 Å². The van der Waals surface area contributed by atoms with Gasteiger partial charge in [0.05, 0.1) is 12.4 Å². The molecular weight excluding hydrogens is 294 g/mol. The Hall–Kier alpha value is -1.16. The van der Waals surface area contributed by atoms with Gasteiger partial charge in [-0.25, -0.2) is 0 Å². The van der Waals surface area contributed by atoms with E-state index in [1.807, 2.05) is 31.2 Å². The molecule has 0 radical (unpaired) electrons. The SMILES string of the molecule is COc1ccc(S[C@H](C)C(=O)N[C@H]2CCC[C@H](C)[C@H]2C)cc1. The number of amides is 1. The molecule has 1 aromatic carbocycles. The Labute approximate surface area is 138 Å². The fraction of sp³-hybridized carbons (Fsp3) is 0.611. The monoisotopic (exact) mass is 321 g/mol. The third-order valence-corrected chi connectivity index (χ3v) is 5.89. The van der Waals surface area contributed by atoms with Gasteiger partial charge < -0.3 is 10.1 Å². The maximum Gasteiger partial charge on any atom is 0.233 e. The zero-order chi connectivity index (χ0) is 16.1. The number of hydrogen-bond acceptors (Lipinski definition) is 3. The van der Waals surface area contributed by atoms with Crippen LogP contribution in [-0.2, 0) is 4.79 Å². The van der Waals surface area contributed by atoms with Gasteiger partial charge in [-0.2, -0.15) is 0 Å². The van der Waals surface area contributed by atoms with Gasteiger partial charge >= 0.3 is 0 Å². The topological polar surface area (TPSA) is 38.3 Å². The number of ether oxygens (including phenoxy) is 1. The van der Waals surface area contributed by atoms with Crippen LogP contribution in [0.1, 0.15) is 40.0 Å². The second-order valence-electron chi connectivity index (χ2n) is 6.32. The number of hydrogen-bond donors (Lipinski definition) is 1. The lowest BCUT2D eigenvalue weighted by Gasteiger charge is -2.35. The van der Waals surface area contributed by atoms with Gasteiger partial charge in [0.2, 0.25) is 5.91 Å². The highest BCUT2D eigenvalue weighted by Gasteiger charge is 2.29. The first-order chi connectivity index (χ1) is 10.5. The van der Waals surface area contributed by atoms with Crippen LogP contribution < -0.4 is 10.1 Å². The van der Waals surface area contributed by atoms with E-state index in [-0.39, 0.29) is 11.2 Å². The number of nitrogens with one attached hydrogen (secondary N) is 1. The van der Waals surface area contributed by atoms with Crippen LogP contribution in [0.5, 0.6) is 5.75 Å². The number of rotatable bonds is 5. The molecule has 1 aliphatic rings. The third-order valence-electron chi connectivity index (χ3n) is 4.78. The molecule has 1 amide bonds. The molecule has 0 bridgehead atoms. The number of carbonyl (C=O) groups is 1. The van der Waals surface area contributed by atoms with Crippen LogP contribution in [0.3, 0.4) is 0 Å². The molecule has 0 aromatic heterocycles. The van der Waals surface area contributed by atoms with E-state index in [4.69, 9.17) is 4.74 Å². The average Bonchev–Trinajstić information content (AvgIpc) is 2.52. The van der Waals surface area contributed by atoms with Crippen molar-refractivity contribution in [2.75, 3.05) is 7.11 Å². The minimum atomic E-state index is -0.0853. The fourth-order valence-corrected chi connectivity index (χ4v) is 3.87. The Kier molecular flexibility index (Phi) is 6.18. The summed E-state index contributed by atoms with van der Waals surface area (Å²) >= 11 is 1.59. The molecule has 0 saturated heterocycles. The summed E-state index contributed by atoms with van der Waals surface area (Å²) in [6.45, 7) is 6.52. The normalized spacial score (nSPS) is 26.3. The van der Waals surface area contributed by atoms with Crippen LogP contribution in [-0.4, -0.2) is 24.3 Å². The predicted molar refractivity (Wildman–Crippen MR) is 92.4 cm³/mol. The predicted octanol–water partition coefficient (Wildman–Crippen LogP) is 4.12. The molecule has 1 fully saturated rings. The van der Waals surface area contributed by atoms with E-state index in [0.717, 1.165) is 17.1 Å². The van der Waals surface area contributed by atoms with Crippen LogP contribution in [0.25, 0.3) is 0 Å². The molecule has 22 heavy (non-hydrogen) atoms. The molecule has 1 aliphatic carbocycles. The summed E-state index contributed by atoms with van der Waals surface area (Å²) in [5.74, 6) is 2.25. The summed E-state index contributed by atoms with van der Waals surface area (Å²) in [4.78, 5) is 13.5. The molecular formula is C18H27NO2S. The maximum absolute atomic E-state index is 12.4. The maximum atomic E-state index is 12.4. The van der Waals surface area contributed by atoms with E-state index >= 15 is 0 Å². The van der Waals surface area contributed by atoms with Crippen LogP contribution in [0.15, 0.2) is 29.2 Å². The molecule has 1 saturated carbocycles. The van der Waals surface area contributed by atoms with E-state index in [9.17, 15) is 4.79 Å². The molecule has 2 rings (SSSR count). The van der Waals surface area contributed by atoms with Gasteiger partial charge in [-0.1, -0.05) is 26.7 Å². The number of benzene rings is 1. The first-order valence-corrected chi connectivity index (χ1v) is 9.00. The van der Waals surface area contributed by atoms with E-state index in [1.54, 1.807) is 18.9 Å². The largest absolute Gasteiger partial charge is 0.497 e. The Morgan fingerprint density at radius 2 is 1.95 bits per heavy atom. The Balaban J connectivity index is 1.88. The summed E-state index contributed by atoms with van der Waals surface area (Å²) in [5, 5.41) is 3.17. The van der Waals surface area contributed by atoms with Crippen molar-refractivity contribution in [3.8, 4) is 5.75 Å². The second kappa shape index (κ2) is 7.91. The van der Waals surface area contributed by atoms with E-state index < -0.39 is 0 Å². The van der Waals surface area contributed by atoms with Crippen LogP contribution in [0, 0.1) is 11.8 Å². The van der Waals surface area contributed by atoms with Gasteiger partial charge in [0.15, 0.2) is 0 Å². The lowest BCUT2D eigenvalue weighted by molar-refractivity contribution is -0.121. The standard InChI is InChI=1S/C18H27NO2S/c1-12-6-5-7-17(13(12)2)19-18(20)14(3)22-16-10-8-15(21-4)9-11-16/h8-14,17H,5-7H2,1-4H3,(H,19,20)/t12-,13+,14+,17-/m0/s1. The molecule has 1 aromatic rings. The highest BCUT2D eigenvalue weighted by Crippen LogP contribution is 2.30. The zero-order valence-corrected chi connectivity index (χ0v) is 14.8. The smallest absolute Gasteiger partial charge is 0.233 e. The van der Waals surface area contributed by atoms with Gasteiger partial charge in [-0.05, 0) is 49.4 Å². The lowest BCUT2D eigenvalue weighted by atomic mass is 9.78. The van der Waals surface area contributed by atoms with E-state index in [2.05, 4.69) is 19.2 Å². The summed E-state index contributed by atoms with van der Waals surface area (Å²) in [7, 11) is 1.66. The Morgan fingerprint density at radius 3 is 2.59 bits per heavy atom. The third kappa shape index (κ3) is 4.42. The molecule has 3 nitrogen and oxygen atoms in total. The molecule has 1 N–H and O–H groups in total. The summed E-state index contributed by atoms with van der Waals surface area (Å²) < 4.78 is 5.16. The van der Waals surface area contributed by atoms with Crippen molar-refractivity contribution in [2.24, 2.45) is 11.8 Å². The van der Waals surface area contributed by atoms with Crippen molar-refractivity contribution in [3.63, 3.8) is 0 Å². The number of thioether (sulfide) groups is 1. The fourth-order valence-electron chi connectivity index (χ4n) is 3.00. The van der Waals surface area contributed by atoms with Crippen LogP contribution >= 0.6 is 11.8 Å². The highest BCUT2D eigenvalue weighted by molar-refractivity contribution is 8.00. The van der Waals surface area contributed by atoms with Gasteiger partial charge in [-0.3, -0.25) is 4.79 Å². The summed E-state index contributed by atoms with van der Waals surface area (Å²) in [6.07, 6.45) is 3.61. The minimum absolute atomic E-state index is 0.0853. The molecule has 0 unspecified atom stereocenters. The van der Waals surface area contributed by atoms with Gasteiger partial charge in [0.1, 0.15) is 5.75 Å². The van der Waals surface area contributed by atoms with Crippen LogP contribution in [0.2, 0.25) is 0 Å². The Morgan fingerprint density at radius 1 is 1.27 bits per heavy atom. The molecule has 0 spiro atoms. The van der Waals surface area contributed by atoms with Crippen molar-refractivity contribution in [1.29, 1.82) is 0 Å². The van der Waals surface area contributed by atoms with E-state index in [1.165, 1.54) is 12.8 Å². The molecule has 0 heterocycles. The van der Waals surface area contributed by atoms with Crippen molar-refractivity contribution in [1.82, 2.24) is 5.32 Å². The average molecular weight is 321 g/mol.